The first-order chi connectivity index (χ1) is 3.79. The summed E-state index contributed by atoms with van der Waals surface area (Å²) in [5.41, 5.74) is 0. The van der Waals surface area contributed by atoms with E-state index in [0.29, 0.717) is 13.0 Å². The number of hydrogen-bond acceptors (Lipinski definition) is 2. The van der Waals surface area contributed by atoms with Crippen LogP contribution in [0.15, 0.2) is 0 Å². The maximum atomic E-state index is 10.5. The molecule has 1 atom stereocenters. The predicted molar refractivity (Wildman–Crippen MR) is 28.3 cm³/mol. The van der Waals surface area contributed by atoms with Gasteiger partial charge in [0.2, 0.25) is 0 Å². The maximum absolute atomic E-state index is 10.5. The Labute approximate surface area is 47.9 Å². The Balaban J connectivity index is 2.34. The summed E-state index contributed by atoms with van der Waals surface area (Å²) in [5, 5.41) is 10.6. The van der Waals surface area contributed by atoms with Crippen LogP contribution in [-0.2, 0) is 4.79 Å². The Kier molecular flexibility index (Phi) is 1.60. The second kappa shape index (κ2) is 2.24. The van der Waals surface area contributed by atoms with Gasteiger partial charge in [0.25, 0.3) is 0 Å². The number of ketones is 1. The zero-order valence-corrected chi connectivity index (χ0v) is 4.64. The molecule has 0 aromatic rings. The summed E-state index contributed by atoms with van der Waals surface area (Å²) < 4.78 is 0. The van der Waals surface area contributed by atoms with Crippen LogP contribution in [0, 0.1) is 5.21 Å². The van der Waals surface area contributed by atoms with Crippen LogP contribution in [0.25, 0.3) is 0 Å². The number of piperidine rings is 1. The van der Waals surface area contributed by atoms with Crippen molar-refractivity contribution in [2.45, 2.75) is 12.8 Å². The molecule has 0 saturated carbocycles. The standard InChI is InChI=1S/C5H9NO2/c7-5-2-1-3-6(8)4-5/h6H,1-4H2. The summed E-state index contributed by atoms with van der Waals surface area (Å²) in [7, 11) is 0. The molecule has 1 unspecified atom stereocenters. The second-order valence-electron chi connectivity index (χ2n) is 2.11. The van der Waals surface area contributed by atoms with E-state index in [-0.39, 0.29) is 17.4 Å². The van der Waals surface area contributed by atoms with Crippen molar-refractivity contribution >= 4 is 5.78 Å². The molecule has 3 heteroatoms. The minimum absolute atomic E-state index is 0.112. The van der Waals surface area contributed by atoms with E-state index in [1.165, 1.54) is 0 Å². The number of nitrogens with one attached hydrogen (secondary N) is 1. The van der Waals surface area contributed by atoms with Crippen molar-refractivity contribution in [1.29, 1.82) is 0 Å². The van der Waals surface area contributed by atoms with Gasteiger partial charge in [-0.05, 0) is 0 Å². The monoisotopic (exact) mass is 115 g/mol. The molecule has 1 N–H and O–H groups in total. The van der Waals surface area contributed by atoms with E-state index in [9.17, 15) is 10.0 Å². The number of Topliss-reactive ketones (excluding diaryl/α,β-unsaturated/α-hetero) is 1. The Morgan fingerprint density at radius 1 is 1.62 bits per heavy atom. The summed E-state index contributed by atoms with van der Waals surface area (Å²) in [6, 6.07) is 0. The van der Waals surface area contributed by atoms with Crippen LogP contribution < -0.4 is 5.06 Å². The summed E-state index contributed by atoms with van der Waals surface area (Å²) in [6.07, 6.45) is 1.39. The average Bonchev–Trinajstić information content (AvgIpc) is 1.64. The van der Waals surface area contributed by atoms with Gasteiger partial charge in [0.15, 0.2) is 5.78 Å². The smallest absolute Gasteiger partial charge is 0.187 e. The largest absolute Gasteiger partial charge is 0.634 e. The highest BCUT2D eigenvalue weighted by Crippen LogP contribution is 1.89. The molecule has 46 valence electrons. The molecule has 0 aromatic carbocycles. The van der Waals surface area contributed by atoms with Crippen LogP contribution >= 0.6 is 0 Å². The molecule has 1 aliphatic heterocycles. The van der Waals surface area contributed by atoms with Crippen molar-refractivity contribution in [1.82, 2.24) is 0 Å². The molecule has 3 nitrogen and oxygen atoms in total. The lowest BCUT2D eigenvalue weighted by molar-refractivity contribution is -0.842. The minimum atomic E-state index is 0.112. The zero-order valence-electron chi connectivity index (χ0n) is 4.64. The molecule has 0 bridgehead atoms. The van der Waals surface area contributed by atoms with Gasteiger partial charge >= 0.3 is 0 Å². The predicted octanol–water partition coefficient (Wildman–Crippen LogP) is -1.27. The van der Waals surface area contributed by atoms with Gasteiger partial charge in [0.1, 0.15) is 6.54 Å². The number of rotatable bonds is 0. The Morgan fingerprint density at radius 3 is 2.75 bits per heavy atom. The van der Waals surface area contributed by atoms with Gasteiger partial charge in [-0.15, -0.1) is 0 Å². The molecule has 1 aliphatic rings. The van der Waals surface area contributed by atoms with E-state index >= 15 is 0 Å². The molecule has 1 saturated heterocycles. The fourth-order valence-corrected chi connectivity index (χ4v) is 0.879. The van der Waals surface area contributed by atoms with Crippen LogP contribution in [0.1, 0.15) is 12.8 Å². The third kappa shape index (κ3) is 1.28. The van der Waals surface area contributed by atoms with E-state index < -0.39 is 0 Å². The van der Waals surface area contributed by atoms with Crippen LogP contribution in [-0.4, -0.2) is 18.9 Å². The van der Waals surface area contributed by atoms with E-state index in [0.717, 1.165) is 6.42 Å². The summed E-state index contributed by atoms with van der Waals surface area (Å²) in [5.74, 6) is 0.112. The highest BCUT2D eigenvalue weighted by Gasteiger charge is 2.12. The Hall–Kier alpha value is -0.410. The first-order valence-corrected chi connectivity index (χ1v) is 2.82. The molecule has 0 radical (unpaired) electrons. The lowest BCUT2D eigenvalue weighted by Crippen LogP contribution is -3.09. The number of carbonyl (C=O) groups excluding carboxylic acids is 1. The lowest BCUT2D eigenvalue weighted by Gasteiger charge is -2.24. The van der Waals surface area contributed by atoms with Gasteiger partial charge in [-0.3, -0.25) is 4.79 Å². The Morgan fingerprint density at radius 2 is 2.38 bits per heavy atom. The van der Waals surface area contributed by atoms with Gasteiger partial charge in [0, 0.05) is 12.8 Å². The second-order valence-corrected chi connectivity index (χ2v) is 2.11. The first-order valence-electron chi connectivity index (χ1n) is 2.82. The van der Waals surface area contributed by atoms with Crippen LogP contribution in [0.5, 0.6) is 0 Å². The molecule has 0 spiro atoms. The summed E-state index contributed by atoms with van der Waals surface area (Å²) in [6.45, 7) is 0.811. The van der Waals surface area contributed by atoms with Crippen molar-refractivity contribution in [3.05, 3.63) is 5.21 Å². The fourth-order valence-electron chi connectivity index (χ4n) is 0.879. The van der Waals surface area contributed by atoms with Crippen molar-refractivity contribution in [2.24, 2.45) is 0 Å². The van der Waals surface area contributed by atoms with Crippen LogP contribution in [0.4, 0.5) is 0 Å². The minimum Gasteiger partial charge on any atom is -0.634 e. The molecule has 0 aromatic heterocycles. The highest BCUT2D eigenvalue weighted by atomic mass is 16.5. The van der Waals surface area contributed by atoms with Gasteiger partial charge in [-0.25, -0.2) is 0 Å². The van der Waals surface area contributed by atoms with Crippen LogP contribution in [0.3, 0.4) is 0 Å². The van der Waals surface area contributed by atoms with Gasteiger partial charge in [-0.2, -0.15) is 0 Å². The molecule has 0 amide bonds. The Bertz CT molecular complexity index is 103. The normalized spacial score (nSPS) is 30.6. The van der Waals surface area contributed by atoms with Crippen LogP contribution in [0.2, 0.25) is 0 Å². The molecular formula is C5H9NO2. The molecule has 0 aliphatic carbocycles. The quantitative estimate of drug-likeness (QED) is 0.400. The SMILES string of the molecule is O=C1CCC[NH+]([O-])C1. The van der Waals surface area contributed by atoms with Crippen molar-refractivity contribution in [2.75, 3.05) is 13.1 Å². The van der Waals surface area contributed by atoms with Gasteiger partial charge in [-0.1, -0.05) is 0 Å². The van der Waals surface area contributed by atoms with Gasteiger partial charge in [0.05, 0.1) is 6.54 Å². The molecular weight excluding hydrogens is 106 g/mol. The van der Waals surface area contributed by atoms with E-state index in [4.69, 9.17) is 0 Å². The van der Waals surface area contributed by atoms with E-state index in [2.05, 4.69) is 0 Å². The van der Waals surface area contributed by atoms with Crippen molar-refractivity contribution in [3.63, 3.8) is 0 Å². The summed E-state index contributed by atoms with van der Waals surface area (Å²) >= 11 is 0. The fraction of sp³-hybridized carbons (Fsp3) is 0.800. The highest BCUT2D eigenvalue weighted by molar-refractivity contribution is 5.79. The molecule has 1 fully saturated rings. The zero-order chi connectivity index (χ0) is 5.98. The third-order valence-corrected chi connectivity index (χ3v) is 1.31. The van der Waals surface area contributed by atoms with Crippen molar-refractivity contribution in [3.8, 4) is 0 Å². The number of carbonyl (C=O) groups is 1. The number of hydroxylamine groups is 2. The third-order valence-electron chi connectivity index (χ3n) is 1.31. The number of quaternary nitrogens is 1. The first kappa shape index (κ1) is 5.72. The molecule has 1 heterocycles. The van der Waals surface area contributed by atoms with E-state index in [1.807, 2.05) is 0 Å². The molecule has 8 heavy (non-hydrogen) atoms. The topological polar surface area (TPSA) is 44.6 Å². The lowest BCUT2D eigenvalue weighted by atomic mass is 10.1. The van der Waals surface area contributed by atoms with E-state index in [1.54, 1.807) is 0 Å². The van der Waals surface area contributed by atoms with Gasteiger partial charge < -0.3 is 10.3 Å². The summed E-state index contributed by atoms with van der Waals surface area (Å²) in [4.78, 5) is 10.5. The van der Waals surface area contributed by atoms with Crippen molar-refractivity contribution < 1.29 is 9.86 Å². The maximum Gasteiger partial charge on any atom is 0.187 e. The number of hydrogen-bond donors (Lipinski definition) is 1. The average molecular weight is 115 g/mol. The molecule has 1 rings (SSSR count).